The average molecular weight is 233 g/mol. The Labute approximate surface area is 92.0 Å². The van der Waals surface area contributed by atoms with Gasteiger partial charge in [-0.3, -0.25) is 4.79 Å². The first-order valence-electron chi connectivity index (χ1n) is 4.19. The van der Waals surface area contributed by atoms with E-state index in [1.54, 1.807) is 6.08 Å². The lowest BCUT2D eigenvalue weighted by atomic mass is 10.3. The Morgan fingerprint density at radius 3 is 2.93 bits per heavy atom. The highest BCUT2D eigenvalue weighted by molar-refractivity contribution is 6.41. The molecule has 0 aliphatic carbocycles. The van der Waals surface area contributed by atoms with Crippen LogP contribution in [0.4, 0.5) is 0 Å². The molecule has 3 nitrogen and oxygen atoms in total. The third-order valence-corrected chi connectivity index (χ3v) is 2.47. The Morgan fingerprint density at radius 1 is 1.57 bits per heavy atom. The molecule has 1 rings (SSSR count). The molecule has 0 fully saturated rings. The lowest BCUT2D eigenvalue weighted by Crippen LogP contribution is -2.23. The molecule has 0 saturated carbocycles. The Morgan fingerprint density at radius 2 is 2.29 bits per heavy atom. The number of allylic oxidation sites excluding steroid dienone is 1. The van der Waals surface area contributed by atoms with Gasteiger partial charge < -0.3 is 0 Å². The van der Waals surface area contributed by atoms with Gasteiger partial charge in [0.05, 0.1) is 11.2 Å². The number of rotatable bonds is 4. The predicted octanol–water partition coefficient (Wildman–Crippen LogP) is 2.52. The molecule has 1 heterocycles. The number of aromatic nitrogens is 2. The zero-order valence-electron chi connectivity index (χ0n) is 7.54. The number of hydrogen-bond acceptors (Lipinski definition) is 2. The second-order valence-electron chi connectivity index (χ2n) is 2.77. The van der Waals surface area contributed by atoms with E-state index in [4.69, 9.17) is 23.2 Å². The van der Waals surface area contributed by atoms with Crippen LogP contribution in [-0.4, -0.2) is 9.78 Å². The highest BCUT2D eigenvalue weighted by atomic mass is 35.5. The third kappa shape index (κ3) is 2.59. The summed E-state index contributed by atoms with van der Waals surface area (Å²) in [6.45, 7) is 4.12. The highest BCUT2D eigenvalue weighted by Gasteiger charge is 2.06. The van der Waals surface area contributed by atoms with Gasteiger partial charge in [0.15, 0.2) is 0 Å². The van der Waals surface area contributed by atoms with Crippen LogP contribution in [0.2, 0.25) is 10.0 Å². The largest absolute Gasteiger partial charge is 0.287 e. The van der Waals surface area contributed by atoms with Gasteiger partial charge in [0.2, 0.25) is 0 Å². The molecular weight excluding hydrogens is 223 g/mol. The SMILES string of the molecule is C=CCCCn1ncc(Cl)c(Cl)c1=O. The fourth-order valence-electron chi connectivity index (χ4n) is 0.990. The van der Waals surface area contributed by atoms with Crippen LogP contribution >= 0.6 is 23.2 Å². The van der Waals surface area contributed by atoms with Gasteiger partial charge in [-0.2, -0.15) is 5.10 Å². The van der Waals surface area contributed by atoms with Gasteiger partial charge in [-0.15, -0.1) is 6.58 Å². The van der Waals surface area contributed by atoms with Crippen LogP contribution in [0.1, 0.15) is 12.8 Å². The molecule has 0 amide bonds. The van der Waals surface area contributed by atoms with Crippen molar-refractivity contribution in [3.63, 3.8) is 0 Å². The summed E-state index contributed by atoms with van der Waals surface area (Å²) in [6, 6.07) is 0. The summed E-state index contributed by atoms with van der Waals surface area (Å²) in [6.07, 6.45) is 4.82. The second kappa shape index (κ2) is 5.17. The van der Waals surface area contributed by atoms with Crippen molar-refractivity contribution in [2.24, 2.45) is 0 Å². The van der Waals surface area contributed by atoms with Crippen molar-refractivity contribution in [3.05, 3.63) is 39.3 Å². The van der Waals surface area contributed by atoms with Gasteiger partial charge >= 0.3 is 0 Å². The van der Waals surface area contributed by atoms with Crippen molar-refractivity contribution in [2.75, 3.05) is 0 Å². The Balaban J connectivity index is 2.83. The van der Waals surface area contributed by atoms with Crippen LogP contribution in [0, 0.1) is 0 Å². The smallest absolute Gasteiger partial charge is 0.266 e. The standard InChI is InChI=1S/C9H10Cl2N2O/c1-2-3-4-5-13-9(14)8(11)7(10)6-12-13/h2,6H,1,3-5H2. The number of nitrogens with zero attached hydrogens (tertiary/aromatic N) is 2. The van der Waals surface area contributed by atoms with E-state index in [2.05, 4.69) is 11.7 Å². The summed E-state index contributed by atoms with van der Waals surface area (Å²) in [7, 11) is 0. The molecule has 1 aromatic rings. The molecule has 0 radical (unpaired) electrons. The first kappa shape index (κ1) is 11.3. The molecule has 1 aromatic heterocycles. The van der Waals surface area contributed by atoms with Gasteiger partial charge in [-0.25, -0.2) is 4.68 Å². The lowest BCUT2D eigenvalue weighted by molar-refractivity contribution is 0.552. The summed E-state index contributed by atoms with van der Waals surface area (Å²) in [5.41, 5.74) is -0.344. The van der Waals surface area contributed by atoms with Crippen LogP contribution in [-0.2, 0) is 6.54 Å². The minimum absolute atomic E-state index is 0.0280. The van der Waals surface area contributed by atoms with E-state index in [0.29, 0.717) is 6.54 Å². The molecule has 0 bridgehead atoms. The summed E-state index contributed by atoms with van der Waals surface area (Å²) in [4.78, 5) is 11.4. The van der Waals surface area contributed by atoms with Crippen molar-refractivity contribution in [2.45, 2.75) is 19.4 Å². The number of halogens is 2. The molecule has 0 saturated heterocycles. The molecular formula is C9H10Cl2N2O. The number of aryl methyl sites for hydroxylation is 1. The molecule has 0 unspecified atom stereocenters. The molecule has 0 aliphatic rings. The number of hydrogen-bond donors (Lipinski definition) is 0. The highest BCUT2D eigenvalue weighted by Crippen LogP contribution is 2.14. The quantitative estimate of drug-likeness (QED) is 0.591. The normalized spacial score (nSPS) is 10.1. The molecule has 14 heavy (non-hydrogen) atoms. The van der Waals surface area contributed by atoms with Gasteiger partial charge in [0.1, 0.15) is 5.02 Å². The molecule has 0 aromatic carbocycles. The minimum Gasteiger partial charge on any atom is -0.266 e. The van der Waals surface area contributed by atoms with Gasteiger partial charge in [0.25, 0.3) is 5.56 Å². The maximum atomic E-state index is 11.4. The van der Waals surface area contributed by atoms with Crippen molar-refractivity contribution >= 4 is 23.2 Å². The minimum atomic E-state index is -0.344. The van der Waals surface area contributed by atoms with Gasteiger partial charge in [0, 0.05) is 6.54 Å². The first-order chi connectivity index (χ1) is 6.66. The van der Waals surface area contributed by atoms with Gasteiger partial charge in [-0.1, -0.05) is 29.3 Å². The van der Waals surface area contributed by atoms with Gasteiger partial charge in [-0.05, 0) is 12.8 Å². The van der Waals surface area contributed by atoms with Crippen LogP contribution < -0.4 is 5.56 Å². The summed E-state index contributed by atoms with van der Waals surface area (Å²) >= 11 is 11.3. The van der Waals surface area contributed by atoms with E-state index in [0.717, 1.165) is 12.8 Å². The van der Waals surface area contributed by atoms with E-state index >= 15 is 0 Å². The summed E-state index contributed by atoms with van der Waals surface area (Å²) in [5, 5.41) is 4.08. The molecule has 0 atom stereocenters. The maximum absolute atomic E-state index is 11.4. The lowest BCUT2D eigenvalue weighted by Gasteiger charge is -2.03. The topological polar surface area (TPSA) is 34.9 Å². The fourth-order valence-corrected chi connectivity index (χ4v) is 1.26. The van der Waals surface area contributed by atoms with Crippen molar-refractivity contribution in [3.8, 4) is 0 Å². The van der Waals surface area contributed by atoms with Crippen LogP contribution in [0.5, 0.6) is 0 Å². The van der Waals surface area contributed by atoms with E-state index in [1.807, 2.05) is 0 Å². The number of unbranched alkanes of at least 4 members (excludes halogenated alkanes) is 1. The van der Waals surface area contributed by atoms with Crippen molar-refractivity contribution in [1.29, 1.82) is 0 Å². The molecule has 0 spiro atoms. The van der Waals surface area contributed by atoms with E-state index < -0.39 is 0 Å². The van der Waals surface area contributed by atoms with Crippen LogP contribution in [0.15, 0.2) is 23.6 Å². The first-order valence-corrected chi connectivity index (χ1v) is 4.94. The fraction of sp³-hybridized carbons (Fsp3) is 0.333. The zero-order valence-corrected chi connectivity index (χ0v) is 9.05. The van der Waals surface area contributed by atoms with E-state index in [9.17, 15) is 4.79 Å². The van der Waals surface area contributed by atoms with Crippen LogP contribution in [0.3, 0.4) is 0 Å². The molecule has 76 valence electrons. The van der Waals surface area contributed by atoms with Crippen molar-refractivity contribution < 1.29 is 0 Å². The van der Waals surface area contributed by atoms with Crippen molar-refractivity contribution in [1.82, 2.24) is 9.78 Å². The average Bonchev–Trinajstić information content (AvgIpc) is 2.18. The summed E-state index contributed by atoms with van der Waals surface area (Å²) < 4.78 is 1.30. The molecule has 0 aliphatic heterocycles. The maximum Gasteiger partial charge on any atom is 0.287 e. The van der Waals surface area contributed by atoms with Crippen LogP contribution in [0.25, 0.3) is 0 Å². The molecule has 5 heteroatoms. The third-order valence-electron chi connectivity index (χ3n) is 1.72. The predicted molar refractivity (Wildman–Crippen MR) is 57.9 cm³/mol. The second-order valence-corrected chi connectivity index (χ2v) is 3.55. The Hall–Kier alpha value is -0.800. The summed E-state index contributed by atoms with van der Waals surface area (Å²) in [5.74, 6) is 0. The van der Waals surface area contributed by atoms with E-state index in [1.165, 1.54) is 10.9 Å². The monoisotopic (exact) mass is 232 g/mol. The molecule has 0 N–H and O–H groups in total. The zero-order chi connectivity index (χ0) is 10.6. The Kier molecular flexibility index (Phi) is 4.17. The Bertz CT molecular complexity index is 387. The van der Waals surface area contributed by atoms with E-state index in [-0.39, 0.29) is 15.6 Å².